The van der Waals surface area contributed by atoms with Gasteiger partial charge in [-0.1, -0.05) is 19.9 Å². The van der Waals surface area contributed by atoms with Gasteiger partial charge in [0.25, 0.3) is 0 Å². The molecule has 1 amide bonds. The van der Waals surface area contributed by atoms with Crippen LogP contribution in [0, 0.1) is 5.92 Å². The number of nitrogens with zero attached hydrogens (tertiary/aromatic N) is 1. The molecule has 0 aromatic heterocycles. The zero-order valence-corrected chi connectivity index (χ0v) is 14.1. The molecule has 0 fully saturated rings. The Morgan fingerprint density at radius 2 is 2.05 bits per heavy atom. The van der Waals surface area contributed by atoms with Crippen molar-refractivity contribution in [2.45, 2.75) is 32.9 Å². The van der Waals surface area contributed by atoms with Crippen molar-refractivity contribution in [2.75, 3.05) is 14.1 Å². The summed E-state index contributed by atoms with van der Waals surface area (Å²) in [4.78, 5) is 13.8. The number of hydrogen-bond acceptors (Lipinski definition) is 3. The van der Waals surface area contributed by atoms with Crippen LogP contribution in [0.3, 0.4) is 0 Å². The average molecular weight is 343 g/mol. The first kappa shape index (κ1) is 17.0. The highest BCUT2D eigenvalue weighted by molar-refractivity contribution is 9.10. The van der Waals surface area contributed by atoms with E-state index in [1.807, 2.05) is 12.1 Å². The topological polar surface area (TPSA) is 52.6 Å². The molecule has 0 bridgehead atoms. The Bertz CT molecular complexity index is 461. The van der Waals surface area contributed by atoms with Gasteiger partial charge in [0, 0.05) is 20.6 Å². The third-order valence-electron chi connectivity index (χ3n) is 3.01. The fourth-order valence-corrected chi connectivity index (χ4v) is 2.38. The molecule has 0 aliphatic heterocycles. The number of phenols is 1. The van der Waals surface area contributed by atoms with Crippen LogP contribution in [0.15, 0.2) is 22.7 Å². The molecule has 2 N–H and O–H groups in total. The third-order valence-corrected chi connectivity index (χ3v) is 3.65. The third kappa shape index (κ3) is 5.13. The molecule has 20 heavy (non-hydrogen) atoms. The predicted octanol–water partition coefficient (Wildman–Crippen LogP) is 2.75. The molecule has 1 unspecified atom stereocenters. The molecule has 0 saturated carbocycles. The lowest BCUT2D eigenvalue weighted by Gasteiger charge is -2.23. The quantitative estimate of drug-likeness (QED) is 0.835. The maximum atomic E-state index is 12.1. The van der Waals surface area contributed by atoms with Crippen LogP contribution in [0.5, 0.6) is 5.75 Å². The van der Waals surface area contributed by atoms with Crippen molar-refractivity contribution in [1.29, 1.82) is 0 Å². The summed E-state index contributed by atoms with van der Waals surface area (Å²) in [6, 6.07) is 5.17. The fourth-order valence-electron chi connectivity index (χ4n) is 1.96. The molecule has 0 radical (unpaired) electrons. The van der Waals surface area contributed by atoms with Gasteiger partial charge in [-0.2, -0.15) is 0 Å². The number of carbonyl (C=O) groups is 1. The number of hydrogen-bond donors (Lipinski definition) is 2. The van der Waals surface area contributed by atoms with E-state index < -0.39 is 0 Å². The van der Waals surface area contributed by atoms with Gasteiger partial charge in [-0.15, -0.1) is 0 Å². The van der Waals surface area contributed by atoms with Crippen LogP contribution < -0.4 is 5.32 Å². The average Bonchev–Trinajstić information content (AvgIpc) is 2.37. The van der Waals surface area contributed by atoms with Gasteiger partial charge in [-0.3, -0.25) is 4.79 Å². The van der Waals surface area contributed by atoms with E-state index in [4.69, 9.17) is 0 Å². The predicted molar refractivity (Wildman–Crippen MR) is 84.6 cm³/mol. The Labute approximate surface area is 129 Å². The molecule has 1 aromatic carbocycles. The Morgan fingerprint density at radius 3 is 2.55 bits per heavy atom. The van der Waals surface area contributed by atoms with Gasteiger partial charge >= 0.3 is 0 Å². The number of aromatic hydroxyl groups is 1. The van der Waals surface area contributed by atoms with Crippen LogP contribution >= 0.6 is 15.9 Å². The van der Waals surface area contributed by atoms with Crippen molar-refractivity contribution >= 4 is 21.8 Å². The second kappa shape index (κ2) is 7.64. The summed E-state index contributed by atoms with van der Waals surface area (Å²) < 4.78 is 0.663. The molecule has 0 heterocycles. The molecular formula is C15H23BrN2O2. The van der Waals surface area contributed by atoms with Gasteiger partial charge in [0.05, 0.1) is 10.5 Å². The minimum atomic E-state index is -0.183. The Hall–Kier alpha value is -1.07. The molecular weight excluding hydrogens is 320 g/mol. The lowest BCUT2D eigenvalue weighted by molar-refractivity contribution is -0.131. The van der Waals surface area contributed by atoms with E-state index in [1.165, 1.54) is 0 Å². The first-order chi connectivity index (χ1) is 9.31. The number of likely N-dealkylation sites (N-methyl/N-ethyl adjacent to an activating group) is 1. The van der Waals surface area contributed by atoms with E-state index in [0.29, 0.717) is 16.9 Å². The molecule has 0 spiro atoms. The van der Waals surface area contributed by atoms with E-state index in [2.05, 4.69) is 35.1 Å². The fraction of sp³-hybridized carbons (Fsp3) is 0.533. The van der Waals surface area contributed by atoms with Crippen LogP contribution in [-0.4, -0.2) is 36.1 Å². The minimum absolute atomic E-state index is 0.0940. The molecule has 0 saturated heterocycles. The number of benzene rings is 1. The molecule has 112 valence electrons. The summed E-state index contributed by atoms with van der Waals surface area (Å²) in [7, 11) is 3.54. The highest BCUT2D eigenvalue weighted by Gasteiger charge is 2.20. The second-order valence-electron chi connectivity index (χ2n) is 5.58. The van der Waals surface area contributed by atoms with E-state index in [0.717, 1.165) is 12.0 Å². The molecule has 0 aliphatic rings. The maximum absolute atomic E-state index is 12.1. The van der Waals surface area contributed by atoms with Crippen molar-refractivity contribution in [2.24, 2.45) is 5.92 Å². The van der Waals surface area contributed by atoms with Gasteiger partial charge in [-0.05, 0) is 46.0 Å². The number of rotatable bonds is 6. The van der Waals surface area contributed by atoms with Gasteiger partial charge in [0.15, 0.2) is 0 Å². The van der Waals surface area contributed by atoms with E-state index in [9.17, 15) is 9.90 Å². The lowest BCUT2D eigenvalue weighted by atomic mass is 10.0. The number of nitrogens with one attached hydrogen (secondary N) is 1. The monoisotopic (exact) mass is 342 g/mol. The van der Waals surface area contributed by atoms with Crippen LogP contribution in [0.4, 0.5) is 0 Å². The smallest absolute Gasteiger partial charge is 0.239 e. The van der Waals surface area contributed by atoms with Crippen molar-refractivity contribution in [1.82, 2.24) is 10.2 Å². The Morgan fingerprint density at radius 1 is 1.40 bits per heavy atom. The normalized spacial score (nSPS) is 12.5. The number of amides is 1. The number of halogens is 1. The number of carbonyl (C=O) groups excluding carboxylic acids is 1. The van der Waals surface area contributed by atoms with E-state index in [-0.39, 0.29) is 17.7 Å². The zero-order valence-electron chi connectivity index (χ0n) is 12.5. The maximum Gasteiger partial charge on any atom is 0.239 e. The van der Waals surface area contributed by atoms with Crippen LogP contribution in [-0.2, 0) is 11.3 Å². The zero-order chi connectivity index (χ0) is 15.3. The van der Waals surface area contributed by atoms with E-state index >= 15 is 0 Å². The van der Waals surface area contributed by atoms with Crippen molar-refractivity contribution < 1.29 is 9.90 Å². The summed E-state index contributed by atoms with van der Waals surface area (Å²) in [5.74, 6) is 0.761. The Kier molecular flexibility index (Phi) is 6.49. The van der Waals surface area contributed by atoms with Crippen molar-refractivity contribution in [3.63, 3.8) is 0 Å². The van der Waals surface area contributed by atoms with E-state index in [1.54, 1.807) is 25.1 Å². The molecule has 0 aliphatic carbocycles. The summed E-state index contributed by atoms with van der Waals surface area (Å²) in [5.41, 5.74) is 1.02. The van der Waals surface area contributed by atoms with Gasteiger partial charge in [0.1, 0.15) is 5.75 Å². The summed E-state index contributed by atoms with van der Waals surface area (Å²) in [5, 5.41) is 12.8. The summed E-state index contributed by atoms with van der Waals surface area (Å²) >= 11 is 3.29. The highest BCUT2D eigenvalue weighted by atomic mass is 79.9. The van der Waals surface area contributed by atoms with Gasteiger partial charge in [0.2, 0.25) is 5.91 Å². The highest BCUT2D eigenvalue weighted by Crippen LogP contribution is 2.24. The van der Waals surface area contributed by atoms with Crippen LogP contribution in [0.1, 0.15) is 25.8 Å². The summed E-state index contributed by atoms with van der Waals surface area (Å²) in [6.45, 7) is 4.80. The minimum Gasteiger partial charge on any atom is -0.507 e. The van der Waals surface area contributed by atoms with Crippen LogP contribution in [0.2, 0.25) is 0 Å². The summed E-state index contributed by atoms with van der Waals surface area (Å²) in [6.07, 6.45) is 0.802. The molecule has 4 nitrogen and oxygen atoms in total. The Balaban J connectivity index is 2.70. The van der Waals surface area contributed by atoms with Gasteiger partial charge in [-0.25, -0.2) is 0 Å². The molecule has 1 rings (SSSR count). The second-order valence-corrected chi connectivity index (χ2v) is 6.44. The first-order valence-corrected chi connectivity index (χ1v) is 7.52. The SMILES string of the molecule is CC(C)CC(NCc1ccc(O)c(Br)c1)C(=O)N(C)C. The standard InChI is InChI=1S/C15H23BrN2O2/c1-10(2)7-13(15(20)18(3)4)17-9-11-5-6-14(19)12(16)8-11/h5-6,8,10,13,17,19H,7,9H2,1-4H3. The molecule has 5 heteroatoms. The largest absolute Gasteiger partial charge is 0.507 e. The van der Waals surface area contributed by atoms with Crippen molar-refractivity contribution in [3.8, 4) is 5.75 Å². The number of phenolic OH excluding ortho intramolecular Hbond substituents is 1. The van der Waals surface area contributed by atoms with Crippen LogP contribution in [0.25, 0.3) is 0 Å². The van der Waals surface area contributed by atoms with Gasteiger partial charge < -0.3 is 15.3 Å². The molecule has 1 aromatic rings. The van der Waals surface area contributed by atoms with Crippen molar-refractivity contribution in [3.05, 3.63) is 28.2 Å². The lowest BCUT2D eigenvalue weighted by Crippen LogP contribution is -2.44. The molecule has 1 atom stereocenters. The first-order valence-electron chi connectivity index (χ1n) is 6.73.